The van der Waals surface area contributed by atoms with Crippen molar-refractivity contribution in [1.82, 2.24) is 24.6 Å². The van der Waals surface area contributed by atoms with Crippen LogP contribution in [0.5, 0.6) is 5.75 Å². The first-order valence-electron chi connectivity index (χ1n) is 10.5. The Bertz CT molecular complexity index is 1200. The van der Waals surface area contributed by atoms with Crippen LogP contribution < -0.4 is 10.1 Å². The lowest BCUT2D eigenvalue weighted by Crippen LogP contribution is -2.21. The van der Waals surface area contributed by atoms with Gasteiger partial charge in [-0.3, -0.25) is 14.2 Å². The van der Waals surface area contributed by atoms with Gasteiger partial charge in [0.15, 0.2) is 16.1 Å². The number of amides is 2. The van der Waals surface area contributed by atoms with Gasteiger partial charge >= 0.3 is 0 Å². The third-order valence-electron chi connectivity index (χ3n) is 4.99. The lowest BCUT2D eigenvalue weighted by Gasteiger charge is -2.12. The van der Waals surface area contributed by atoms with Gasteiger partial charge in [-0.05, 0) is 38.0 Å². The molecule has 0 spiro atoms. The Kier molecular flexibility index (Phi) is 8.46. The summed E-state index contributed by atoms with van der Waals surface area (Å²) in [5, 5.41) is 12.2. The zero-order valence-corrected chi connectivity index (χ0v) is 21.5. The number of benzene rings is 1. The van der Waals surface area contributed by atoms with Crippen molar-refractivity contribution in [2.45, 2.75) is 39.1 Å². The van der Waals surface area contributed by atoms with Crippen LogP contribution in [-0.2, 0) is 17.9 Å². The van der Waals surface area contributed by atoms with Gasteiger partial charge in [0.25, 0.3) is 5.91 Å². The normalized spacial score (nSPS) is 10.7. The Labute approximate surface area is 207 Å². The Morgan fingerprint density at radius 2 is 2.03 bits per heavy atom. The van der Waals surface area contributed by atoms with Crippen molar-refractivity contribution in [2.75, 3.05) is 25.2 Å². The molecular formula is C23H28N6O3S2. The van der Waals surface area contributed by atoms with Crippen LogP contribution in [0.3, 0.4) is 0 Å². The molecule has 0 radical (unpaired) electrons. The second-order valence-electron chi connectivity index (χ2n) is 7.75. The first-order valence-corrected chi connectivity index (χ1v) is 12.3. The molecule has 180 valence electrons. The molecule has 0 unspecified atom stereocenters. The van der Waals surface area contributed by atoms with Crippen molar-refractivity contribution >= 4 is 40.0 Å². The lowest BCUT2D eigenvalue weighted by atomic mass is 10.1. The first-order chi connectivity index (χ1) is 16.2. The second-order valence-corrected chi connectivity index (χ2v) is 9.70. The van der Waals surface area contributed by atoms with Gasteiger partial charge in [-0.15, -0.1) is 16.8 Å². The highest BCUT2D eigenvalue weighted by molar-refractivity contribution is 7.99. The highest BCUT2D eigenvalue weighted by Crippen LogP contribution is 2.25. The van der Waals surface area contributed by atoms with E-state index in [1.54, 1.807) is 27.1 Å². The number of aromatic nitrogens is 4. The van der Waals surface area contributed by atoms with Crippen LogP contribution in [0.1, 0.15) is 32.3 Å². The van der Waals surface area contributed by atoms with E-state index >= 15 is 0 Å². The smallest absolute Gasteiger partial charge is 0.265 e. The van der Waals surface area contributed by atoms with Gasteiger partial charge in [-0.1, -0.05) is 41.3 Å². The Morgan fingerprint density at radius 1 is 1.26 bits per heavy atom. The highest BCUT2D eigenvalue weighted by atomic mass is 32.2. The standard InChI is InChI=1S/C23H28N6O3S2/c1-7-11-29-18(12-32-17-10-8-9-14(2)15(17)3)26-27-23(29)33-13-19(30)25-22-24-16(4)20(34-22)21(31)28(5)6/h7-10H,1,11-13H2,2-6H3,(H,24,25,30). The number of nitrogens with zero attached hydrogens (tertiary/aromatic N) is 5. The van der Waals surface area contributed by atoms with Crippen molar-refractivity contribution in [2.24, 2.45) is 0 Å². The van der Waals surface area contributed by atoms with Crippen LogP contribution >= 0.6 is 23.1 Å². The molecule has 1 aromatic carbocycles. The van der Waals surface area contributed by atoms with E-state index in [2.05, 4.69) is 27.1 Å². The molecule has 11 heteroatoms. The quantitative estimate of drug-likeness (QED) is 0.333. The van der Waals surface area contributed by atoms with E-state index in [4.69, 9.17) is 4.74 Å². The molecular weight excluding hydrogens is 472 g/mol. The maximum atomic E-state index is 12.5. The van der Waals surface area contributed by atoms with Gasteiger partial charge < -0.3 is 15.0 Å². The van der Waals surface area contributed by atoms with Crippen molar-refractivity contribution in [1.29, 1.82) is 0 Å². The molecule has 1 N–H and O–H groups in total. The number of aryl methyl sites for hydroxylation is 2. The number of hydrogen-bond donors (Lipinski definition) is 1. The molecule has 0 bridgehead atoms. The Morgan fingerprint density at radius 3 is 2.74 bits per heavy atom. The van der Waals surface area contributed by atoms with E-state index in [1.807, 2.05) is 36.6 Å². The number of allylic oxidation sites excluding steroid dienone is 1. The van der Waals surface area contributed by atoms with E-state index in [1.165, 1.54) is 16.7 Å². The molecule has 0 aliphatic heterocycles. The monoisotopic (exact) mass is 500 g/mol. The van der Waals surface area contributed by atoms with Crippen molar-refractivity contribution in [3.63, 3.8) is 0 Å². The number of carbonyl (C=O) groups is 2. The number of carbonyl (C=O) groups excluding carboxylic acids is 2. The number of hydrogen-bond acceptors (Lipinski definition) is 8. The maximum absolute atomic E-state index is 12.5. The molecule has 2 aromatic heterocycles. The SMILES string of the molecule is C=CCn1c(COc2cccc(C)c2C)nnc1SCC(=O)Nc1nc(C)c(C(=O)N(C)C)s1. The summed E-state index contributed by atoms with van der Waals surface area (Å²) in [4.78, 5) is 31.0. The molecule has 9 nitrogen and oxygen atoms in total. The predicted molar refractivity (Wildman–Crippen MR) is 135 cm³/mol. The van der Waals surface area contributed by atoms with Gasteiger partial charge in [0.2, 0.25) is 5.91 Å². The number of thiazole rings is 1. The topological polar surface area (TPSA) is 102 Å². The summed E-state index contributed by atoms with van der Waals surface area (Å²) in [6.45, 7) is 10.3. The van der Waals surface area contributed by atoms with Gasteiger partial charge in [-0.25, -0.2) is 4.98 Å². The van der Waals surface area contributed by atoms with Gasteiger partial charge in [0.05, 0.1) is 11.4 Å². The van der Waals surface area contributed by atoms with Crippen molar-refractivity contribution in [3.05, 3.63) is 58.4 Å². The fraction of sp³-hybridized carbons (Fsp3) is 0.348. The zero-order valence-electron chi connectivity index (χ0n) is 19.9. The van der Waals surface area contributed by atoms with Gasteiger partial charge in [-0.2, -0.15) is 0 Å². The summed E-state index contributed by atoms with van der Waals surface area (Å²) in [7, 11) is 3.36. The largest absolute Gasteiger partial charge is 0.485 e. The first kappa shape index (κ1) is 25.4. The lowest BCUT2D eigenvalue weighted by molar-refractivity contribution is -0.113. The molecule has 3 rings (SSSR count). The minimum Gasteiger partial charge on any atom is -0.485 e. The van der Waals surface area contributed by atoms with Crippen LogP contribution in [0.15, 0.2) is 36.0 Å². The fourth-order valence-corrected chi connectivity index (χ4v) is 4.78. The summed E-state index contributed by atoms with van der Waals surface area (Å²) in [6, 6.07) is 5.92. The maximum Gasteiger partial charge on any atom is 0.265 e. The van der Waals surface area contributed by atoms with E-state index < -0.39 is 0 Å². The van der Waals surface area contributed by atoms with Crippen molar-refractivity contribution in [3.8, 4) is 5.75 Å². The van der Waals surface area contributed by atoms with Crippen LogP contribution in [-0.4, -0.2) is 56.3 Å². The number of thioether (sulfide) groups is 1. The minimum atomic E-state index is -0.246. The molecule has 2 amide bonds. The molecule has 34 heavy (non-hydrogen) atoms. The molecule has 0 aliphatic carbocycles. The Balaban J connectivity index is 1.63. The third kappa shape index (κ3) is 6.03. The molecule has 0 saturated carbocycles. The average molecular weight is 501 g/mol. The van der Waals surface area contributed by atoms with Crippen LogP contribution in [0.4, 0.5) is 5.13 Å². The minimum absolute atomic E-state index is 0.114. The van der Waals surface area contributed by atoms with E-state index in [9.17, 15) is 9.59 Å². The molecule has 0 atom stereocenters. The number of rotatable bonds is 10. The van der Waals surface area contributed by atoms with Gasteiger partial charge in [0.1, 0.15) is 17.2 Å². The number of ether oxygens (including phenoxy) is 1. The summed E-state index contributed by atoms with van der Waals surface area (Å²) >= 11 is 2.42. The highest BCUT2D eigenvalue weighted by Gasteiger charge is 2.19. The number of anilines is 1. The summed E-state index contributed by atoms with van der Waals surface area (Å²) < 4.78 is 7.85. The fourth-order valence-electron chi connectivity index (χ4n) is 3.00. The summed E-state index contributed by atoms with van der Waals surface area (Å²) in [5.41, 5.74) is 2.82. The zero-order chi connectivity index (χ0) is 24.8. The summed E-state index contributed by atoms with van der Waals surface area (Å²) in [5.74, 6) is 1.17. The second kappa shape index (κ2) is 11.3. The average Bonchev–Trinajstić information content (AvgIpc) is 3.35. The van der Waals surface area contributed by atoms with E-state index in [0.29, 0.717) is 33.2 Å². The van der Waals surface area contributed by atoms with Crippen LogP contribution in [0.25, 0.3) is 0 Å². The number of nitrogens with one attached hydrogen (secondary N) is 1. The molecule has 0 fully saturated rings. The van der Waals surface area contributed by atoms with Gasteiger partial charge in [0, 0.05) is 20.6 Å². The van der Waals surface area contributed by atoms with E-state index in [0.717, 1.165) is 28.2 Å². The van der Waals surface area contributed by atoms with Crippen LogP contribution in [0, 0.1) is 20.8 Å². The third-order valence-corrected chi connectivity index (χ3v) is 7.02. The Hall–Kier alpha value is -3.18. The molecule has 3 aromatic rings. The van der Waals surface area contributed by atoms with E-state index in [-0.39, 0.29) is 24.2 Å². The van der Waals surface area contributed by atoms with Crippen LogP contribution in [0.2, 0.25) is 0 Å². The van der Waals surface area contributed by atoms with Crippen molar-refractivity contribution < 1.29 is 14.3 Å². The summed E-state index contributed by atoms with van der Waals surface area (Å²) in [6.07, 6.45) is 1.75. The molecule has 0 saturated heterocycles. The predicted octanol–water partition coefficient (Wildman–Crippen LogP) is 3.86. The molecule has 2 heterocycles. The molecule has 0 aliphatic rings.